The molecule has 2 rings (SSSR count). The number of amides is 1. The van der Waals surface area contributed by atoms with Gasteiger partial charge in [0.15, 0.2) is 5.69 Å². The summed E-state index contributed by atoms with van der Waals surface area (Å²) >= 11 is 1.17. The van der Waals surface area contributed by atoms with Crippen LogP contribution in [-0.2, 0) is 4.74 Å². The van der Waals surface area contributed by atoms with Crippen molar-refractivity contribution in [3.8, 4) is 0 Å². The fraction of sp³-hybridized carbons (Fsp3) is 0.667. The molecule has 0 saturated carbocycles. The van der Waals surface area contributed by atoms with Gasteiger partial charge in [-0.1, -0.05) is 4.49 Å². The average Bonchev–Trinajstić information content (AvgIpc) is 2.81. The third kappa shape index (κ3) is 2.37. The number of morpholine rings is 1. The van der Waals surface area contributed by atoms with Gasteiger partial charge in [0.25, 0.3) is 5.91 Å². The Morgan fingerprint density at radius 1 is 1.81 bits per heavy atom. The number of nitrogens with two attached hydrogens (primary N) is 1. The van der Waals surface area contributed by atoms with E-state index in [4.69, 9.17) is 10.5 Å². The number of carbonyl (C=O) groups is 1. The van der Waals surface area contributed by atoms with E-state index in [1.165, 1.54) is 11.5 Å². The minimum absolute atomic E-state index is 0.0795. The van der Waals surface area contributed by atoms with Gasteiger partial charge in [0.2, 0.25) is 0 Å². The van der Waals surface area contributed by atoms with Crippen molar-refractivity contribution in [2.75, 3.05) is 19.7 Å². The number of ether oxygens (including phenoxy) is 1. The van der Waals surface area contributed by atoms with Gasteiger partial charge in [0, 0.05) is 24.5 Å². The topological polar surface area (TPSA) is 81.3 Å². The highest BCUT2D eigenvalue weighted by Gasteiger charge is 2.28. The zero-order chi connectivity index (χ0) is 11.5. The molecule has 0 bridgehead atoms. The molecule has 1 saturated heterocycles. The molecule has 0 aliphatic carbocycles. The van der Waals surface area contributed by atoms with Gasteiger partial charge < -0.3 is 15.4 Å². The monoisotopic (exact) mass is 242 g/mol. The Morgan fingerprint density at radius 2 is 2.62 bits per heavy atom. The largest absolute Gasteiger partial charge is 0.373 e. The molecule has 1 aromatic rings. The van der Waals surface area contributed by atoms with Crippen LogP contribution in [0.25, 0.3) is 0 Å². The van der Waals surface area contributed by atoms with Crippen molar-refractivity contribution < 1.29 is 9.53 Å². The van der Waals surface area contributed by atoms with Gasteiger partial charge in [-0.25, -0.2) is 0 Å². The number of hydrogen-bond acceptors (Lipinski definition) is 6. The van der Waals surface area contributed by atoms with E-state index in [-0.39, 0.29) is 18.1 Å². The maximum atomic E-state index is 12.0. The minimum Gasteiger partial charge on any atom is -0.373 e. The van der Waals surface area contributed by atoms with E-state index in [2.05, 4.69) is 9.59 Å². The number of aromatic nitrogens is 2. The summed E-state index contributed by atoms with van der Waals surface area (Å²) in [5, 5.41) is 5.42. The molecule has 1 aliphatic rings. The molecular formula is C9H14N4O2S. The second-order valence-electron chi connectivity index (χ2n) is 3.81. The first-order valence-corrected chi connectivity index (χ1v) is 5.95. The SMILES string of the molecule is CC(N)C1CN(C(=O)c2csnn2)CCO1. The molecule has 0 aromatic carbocycles. The van der Waals surface area contributed by atoms with Crippen molar-refractivity contribution in [2.45, 2.75) is 19.1 Å². The van der Waals surface area contributed by atoms with Crippen LogP contribution in [-0.4, -0.2) is 52.2 Å². The molecule has 2 atom stereocenters. The molecule has 1 aromatic heterocycles. The van der Waals surface area contributed by atoms with Crippen molar-refractivity contribution in [3.05, 3.63) is 11.1 Å². The number of rotatable bonds is 2. The smallest absolute Gasteiger partial charge is 0.275 e. The van der Waals surface area contributed by atoms with Gasteiger partial charge in [-0.3, -0.25) is 4.79 Å². The first-order chi connectivity index (χ1) is 7.68. The lowest BCUT2D eigenvalue weighted by atomic mass is 10.1. The summed E-state index contributed by atoms with van der Waals surface area (Å²) in [4.78, 5) is 13.7. The molecule has 88 valence electrons. The summed E-state index contributed by atoms with van der Waals surface area (Å²) < 4.78 is 9.17. The molecule has 1 fully saturated rings. The fourth-order valence-electron chi connectivity index (χ4n) is 1.60. The molecule has 2 N–H and O–H groups in total. The second kappa shape index (κ2) is 4.86. The molecule has 0 spiro atoms. The normalized spacial score (nSPS) is 23.1. The number of hydrogen-bond donors (Lipinski definition) is 1. The summed E-state index contributed by atoms with van der Waals surface area (Å²) in [5.41, 5.74) is 6.16. The third-order valence-electron chi connectivity index (χ3n) is 2.55. The molecule has 2 unspecified atom stereocenters. The molecule has 0 radical (unpaired) electrons. The molecular weight excluding hydrogens is 228 g/mol. The third-order valence-corrected chi connectivity index (χ3v) is 3.05. The minimum atomic E-state index is -0.0947. The first-order valence-electron chi connectivity index (χ1n) is 5.12. The van der Waals surface area contributed by atoms with Crippen LogP contribution in [0.15, 0.2) is 5.38 Å². The van der Waals surface area contributed by atoms with E-state index in [0.29, 0.717) is 25.4 Å². The van der Waals surface area contributed by atoms with Crippen LogP contribution < -0.4 is 5.73 Å². The highest BCUT2D eigenvalue weighted by molar-refractivity contribution is 7.03. The van der Waals surface area contributed by atoms with Crippen LogP contribution in [0.3, 0.4) is 0 Å². The lowest BCUT2D eigenvalue weighted by molar-refractivity contribution is -0.0301. The highest BCUT2D eigenvalue weighted by Crippen LogP contribution is 2.11. The summed E-state index contributed by atoms with van der Waals surface area (Å²) in [6.45, 7) is 3.51. The summed E-state index contributed by atoms with van der Waals surface area (Å²) in [5.74, 6) is -0.0947. The van der Waals surface area contributed by atoms with Crippen LogP contribution >= 0.6 is 11.5 Å². The Hall–Kier alpha value is -1.05. The predicted octanol–water partition coefficient (Wildman–Crippen LogP) is -0.274. The molecule has 1 amide bonds. The van der Waals surface area contributed by atoms with E-state index < -0.39 is 0 Å². The zero-order valence-electron chi connectivity index (χ0n) is 9.00. The maximum absolute atomic E-state index is 12.0. The van der Waals surface area contributed by atoms with Crippen LogP contribution in [0, 0.1) is 0 Å². The summed E-state index contributed by atoms with van der Waals surface area (Å²) in [6, 6.07) is -0.0795. The van der Waals surface area contributed by atoms with E-state index in [1.807, 2.05) is 6.92 Å². The Morgan fingerprint density at radius 3 is 3.25 bits per heavy atom. The number of carbonyl (C=O) groups excluding carboxylic acids is 1. The van der Waals surface area contributed by atoms with Crippen molar-refractivity contribution >= 4 is 17.4 Å². The standard InChI is InChI=1S/C9H14N4O2S/c1-6(10)8-4-13(2-3-15-8)9(14)7-5-16-12-11-7/h5-6,8H,2-4,10H2,1H3. The maximum Gasteiger partial charge on any atom is 0.275 e. The Balaban J connectivity index is 2.02. The van der Waals surface area contributed by atoms with E-state index in [9.17, 15) is 4.79 Å². The van der Waals surface area contributed by atoms with Crippen molar-refractivity contribution in [3.63, 3.8) is 0 Å². The van der Waals surface area contributed by atoms with Gasteiger partial charge in [0.05, 0.1) is 12.7 Å². The lowest BCUT2D eigenvalue weighted by Crippen LogP contribution is -2.51. The number of nitrogens with zero attached hydrogens (tertiary/aromatic N) is 3. The highest BCUT2D eigenvalue weighted by atomic mass is 32.1. The van der Waals surface area contributed by atoms with E-state index in [0.717, 1.165) is 0 Å². The molecule has 1 aliphatic heterocycles. The van der Waals surface area contributed by atoms with Gasteiger partial charge in [0.1, 0.15) is 0 Å². The first kappa shape index (κ1) is 11.4. The van der Waals surface area contributed by atoms with Crippen LogP contribution in [0.1, 0.15) is 17.4 Å². The molecule has 16 heavy (non-hydrogen) atoms. The fourth-order valence-corrected chi connectivity index (χ4v) is 2.03. The van der Waals surface area contributed by atoms with Crippen molar-refractivity contribution in [2.24, 2.45) is 5.73 Å². The van der Waals surface area contributed by atoms with Crippen molar-refractivity contribution in [1.29, 1.82) is 0 Å². The summed E-state index contributed by atoms with van der Waals surface area (Å²) in [6.07, 6.45) is -0.0932. The van der Waals surface area contributed by atoms with Gasteiger partial charge in [-0.15, -0.1) is 5.10 Å². The van der Waals surface area contributed by atoms with E-state index in [1.54, 1.807) is 10.3 Å². The van der Waals surface area contributed by atoms with Crippen LogP contribution in [0.4, 0.5) is 0 Å². The molecule has 7 heteroatoms. The Kier molecular flexibility index (Phi) is 3.47. The Bertz CT molecular complexity index is 354. The average molecular weight is 242 g/mol. The molecule has 2 heterocycles. The Labute approximate surface area is 97.5 Å². The van der Waals surface area contributed by atoms with Gasteiger partial charge in [-0.05, 0) is 18.5 Å². The summed E-state index contributed by atoms with van der Waals surface area (Å²) in [7, 11) is 0. The predicted molar refractivity (Wildman–Crippen MR) is 59.2 cm³/mol. The van der Waals surface area contributed by atoms with Gasteiger partial charge in [-0.2, -0.15) is 0 Å². The van der Waals surface area contributed by atoms with Crippen molar-refractivity contribution in [1.82, 2.24) is 14.5 Å². The zero-order valence-corrected chi connectivity index (χ0v) is 9.81. The lowest BCUT2D eigenvalue weighted by Gasteiger charge is -2.34. The second-order valence-corrected chi connectivity index (χ2v) is 4.42. The van der Waals surface area contributed by atoms with Gasteiger partial charge >= 0.3 is 0 Å². The van der Waals surface area contributed by atoms with Crippen LogP contribution in [0.5, 0.6) is 0 Å². The van der Waals surface area contributed by atoms with E-state index >= 15 is 0 Å². The van der Waals surface area contributed by atoms with Crippen LogP contribution in [0.2, 0.25) is 0 Å². The quantitative estimate of drug-likeness (QED) is 0.772. The molecule has 6 nitrogen and oxygen atoms in total.